The van der Waals surface area contributed by atoms with Gasteiger partial charge in [0.05, 0.1) is 11.9 Å². The normalized spacial score (nSPS) is 10.6. The molecule has 0 unspecified atom stereocenters. The molecule has 0 amide bonds. The summed E-state index contributed by atoms with van der Waals surface area (Å²) in [7, 11) is 0. The van der Waals surface area contributed by atoms with Crippen molar-refractivity contribution in [2.24, 2.45) is 0 Å². The molecule has 3 rings (SSSR count). The maximum Gasteiger partial charge on any atom is 0.138 e. The Labute approximate surface area is 115 Å². The molecule has 0 aliphatic rings. The minimum atomic E-state index is 0.462. The number of nitrogens with zero attached hydrogens (tertiary/aromatic N) is 2. The van der Waals surface area contributed by atoms with Crippen molar-refractivity contribution in [2.75, 3.05) is 11.1 Å². The van der Waals surface area contributed by atoms with E-state index in [-0.39, 0.29) is 0 Å². The van der Waals surface area contributed by atoms with Crippen molar-refractivity contribution < 1.29 is 0 Å². The number of fused-ring (bicyclic) bond motifs is 1. The number of nitrogens with one attached hydrogen (secondary N) is 1. The highest BCUT2D eigenvalue weighted by Gasteiger charge is 2.03. The average molecular weight is 271 g/mol. The van der Waals surface area contributed by atoms with E-state index in [1.165, 1.54) is 0 Å². The van der Waals surface area contributed by atoms with Crippen LogP contribution in [0.3, 0.4) is 0 Å². The number of benzene rings is 1. The van der Waals surface area contributed by atoms with Crippen LogP contribution in [0.25, 0.3) is 10.8 Å². The lowest BCUT2D eigenvalue weighted by Crippen LogP contribution is -1.95. The predicted octanol–water partition coefficient (Wildman–Crippen LogP) is 3.61. The Balaban J connectivity index is 2.03. The smallest absolute Gasteiger partial charge is 0.138 e. The highest BCUT2D eigenvalue weighted by Crippen LogP contribution is 2.25. The van der Waals surface area contributed by atoms with E-state index in [1.54, 1.807) is 18.5 Å². The molecule has 3 aromatic rings. The van der Waals surface area contributed by atoms with Crippen LogP contribution in [0.4, 0.5) is 17.2 Å². The summed E-state index contributed by atoms with van der Waals surface area (Å²) >= 11 is 5.76. The van der Waals surface area contributed by atoms with E-state index in [9.17, 15) is 0 Å². The van der Waals surface area contributed by atoms with Gasteiger partial charge in [-0.25, -0.2) is 9.97 Å². The summed E-state index contributed by atoms with van der Waals surface area (Å²) in [5.41, 5.74) is 7.35. The predicted molar refractivity (Wildman–Crippen MR) is 78.7 cm³/mol. The van der Waals surface area contributed by atoms with E-state index in [1.807, 2.05) is 30.3 Å². The molecule has 0 aliphatic heterocycles. The lowest BCUT2D eigenvalue weighted by atomic mass is 10.1. The van der Waals surface area contributed by atoms with Crippen molar-refractivity contribution in [1.82, 2.24) is 9.97 Å². The van der Waals surface area contributed by atoms with Gasteiger partial charge in [-0.05, 0) is 41.8 Å². The molecule has 3 N–H and O–H groups in total. The summed E-state index contributed by atoms with van der Waals surface area (Å²) in [4.78, 5) is 8.37. The fourth-order valence-corrected chi connectivity index (χ4v) is 1.99. The number of anilines is 3. The van der Waals surface area contributed by atoms with Crippen LogP contribution in [0.5, 0.6) is 0 Å². The zero-order chi connectivity index (χ0) is 13.2. The average Bonchev–Trinajstić information content (AvgIpc) is 2.41. The summed E-state index contributed by atoms with van der Waals surface area (Å²) in [6.07, 6.45) is 3.41. The van der Waals surface area contributed by atoms with Crippen LogP contribution in [0.2, 0.25) is 5.15 Å². The van der Waals surface area contributed by atoms with Gasteiger partial charge in [0.15, 0.2) is 0 Å². The van der Waals surface area contributed by atoms with Crippen LogP contribution >= 0.6 is 11.6 Å². The molecule has 19 heavy (non-hydrogen) atoms. The minimum absolute atomic E-state index is 0.462. The number of nitrogens with two attached hydrogens (primary N) is 1. The third-order valence-electron chi connectivity index (χ3n) is 2.78. The lowest BCUT2D eigenvalue weighted by Gasteiger charge is -2.08. The van der Waals surface area contributed by atoms with Crippen LogP contribution < -0.4 is 11.1 Å². The van der Waals surface area contributed by atoms with Gasteiger partial charge in [0.1, 0.15) is 11.0 Å². The van der Waals surface area contributed by atoms with Gasteiger partial charge in [0.2, 0.25) is 0 Å². The van der Waals surface area contributed by atoms with Crippen LogP contribution in [0.15, 0.2) is 48.8 Å². The van der Waals surface area contributed by atoms with Gasteiger partial charge in [-0.2, -0.15) is 0 Å². The summed E-state index contributed by atoms with van der Waals surface area (Å²) < 4.78 is 0. The molecule has 0 radical (unpaired) electrons. The minimum Gasteiger partial charge on any atom is -0.399 e. The zero-order valence-electron chi connectivity index (χ0n) is 9.97. The van der Waals surface area contributed by atoms with Crippen molar-refractivity contribution in [3.8, 4) is 0 Å². The topological polar surface area (TPSA) is 63.8 Å². The number of hydrogen-bond donors (Lipinski definition) is 2. The molecule has 94 valence electrons. The van der Waals surface area contributed by atoms with Gasteiger partial charge in [0, 0.05) is 17.3 Å². The largest absolute Gasteiger partial charge is 0.399 e. The fraction of sp³-hybridized carbons (Fsp3) is 0. The molecule has 0 saturated heterocycles. The number of hydrogen-bond acceptors (Lipinski definition) is 4. The molecule has 1 aromatic carbocycles. The summed E-state index contributed by atoms with van der Waals surface area (Å²) in [6.45, 7) is 0. The molecule has 0 saturated carbocycles. The van der Waals surface area contributed by atoms with Gasteiger partial charge >= 0.3 is 0 Å². The zero-order valence-corrected chi connectivity index (χ0v) is 10.7. The first-order valence-corrected chi connectivity index (χ1v) is 6.13. The molecule has 0 aliphatic carbocycles. The highest BCUT2D eigenvalue weighted by molar-refractivity contribution is 6.29. The molecule has 2 heterocycles. The number of rotatable bonds is 2. The van der Waals surface area contributed by atoms with Crippen molar-refractivity contribution in [3.63, 3.8) is 0 Å². The summed E-state index contributed by atoms with van der Waals surface area (Å²) in [5, 5.41) is 5.73. The second-order valence-corrected chi connectivity index (χ2v) is 4.52. The van der Waals surface area contributed by atoms with Crippen molar-refractivity contribution in [3.05, 3.63) is 53.9 Å². The number of aromatic nitrogens is 2. The van der Waals surface area contributed by atoms with Gasteiger partial charge in [0.25, 0.3) is 0 Å². The Morgan fingerprint density at radius 2 is 1.95 bits per heavy atom. The molecule has 0 spiro atoms. The van der Waals surface area contributed by atoms with E-state index >= 15 is 0 Å². The van der Waals surface area contributed by atoms with Gasteiger partial charge in [-0.1, -0.05) is 11.6 Å². The first-order valence-electron chi connectivity index (χ1n) is 5.75. The molecule has 0 fully saturated rings. The van der Waals surface area contributed by atoms with Gasteiger partial charge < -0.3 is 11.1 Å². The summed E-state index contributed by atoms with van der Waals surface area (Å²) in [5.74, 6) is 0.765. The fourth-order valence-electron chi connectivity index (χ4n) is 1.88. The Kier molecular flexibility index (Phi) is 2.93. The number of halogens is 1. The third kappa shape index (κ3) is 2.44. The van der Waals surface area contributed by atoms with Crippen LogP contribution in [0.1, 0.15) is 0 Å². The quantitative estimate of drug-likeness (QED) is 0.551. The van der Waals surface area contributed by atoms with Gasteiger partial charge in [-0.15, -0.1) is 0 Å². The number of pyridine rings is 2. The molecule has 0 atom stereocenters. The molecule has 0 bridgehead atoms. The molecular weight excluding hydrogens is 260 g/mol. The molecule has 2 aromatic heterocycles. The lowest BCUT2D eigenvalue weighted by molar-refractivity contribution is 1.29. The number of nitrogen functional groups attached to an aromatic ring is 1. The Morgan fingerprint density at radius 1 is 1.05 bits per heavy atom. The SMILES string of the molecule is Nc1ccc2c(Nc3ccc(Cl)nc3)nccc2c1. The maximum absolute atomic E-state index is 5.78. The van der Waals surface area contributed by atoms with E-state index in [0.29, 0.717) is 5.15 Å². The first-order chi connectivity index (χ1) is 9.22. The van der Waals surface area contributed by atoms with Crippen LogP contribution in [-0.4, -0.2) is 9.97 Å². The first kappa shape index (κ1) is 11.7. The monoisotopic (exact) mass is 270 g/mol. The second kappa shape index (κ2) is 4.74. The van der Waals surface area contributed by atoms with Crippen molar-refractivity contribution in [2.45, 2.75) is 0 Å². The van der Waals surface area contributed by atoms with E-state index < -0.39 is 0 Å². The second-order valence-electron chi connectivity index (χ2n) is 4.13. The standard InChI is InChI=1S/C14H11ClN4/c15-13-4-2-11(8-18-13)19-14-12-3-1-10(16)7-9(12)5-6-17-14/h1-8H,16H2,(H,17,19). The molecule has 5 heteroatoms. The molecule has 4 nitrogen and oxygen atoms in total. The third-order valence-corrected chi connectivity index (χ3v) is 3.00. The van der Waals surface area contributed by atoms with E-state index in [4.69, 9.17) is 17.3 Å². The van der Waals surface area contributed by atoms with Crippen molar-refractivity contribution in [1.29, 1.82) is 0 Å². The highest BCUT2D eigenvalue weighted by atomic mass is 35.5. The van der Waals surface area contributed by atoms with Crippen LogP contribution in [0, 0.1) is 0 Å². The molecular formula is C14H11ClN4. The Morgan fingerprint density at radius 3 is 2.74 bits per heavy atom. The maximum atomic E-state index is 5.78. The van der Waals surface area contributed by atoms with Gasteiger partial charge in [-0.3, -0.25) is 0 Å². The van der Waals surface area contributed by atoms with Crippen molar-refractivity contribution >= 4 is 39.6 Å². The summed E-state index contributed by atoms with van der Waals surface area (Å²) in [6, 6.07) is 11.2. The van der Waals surface area contributed by atoms with E-state index in [0.717, 1.165) is 28.0 Å². The Hall–Kier alpha value is -2.33. The Bertz CT molecular complexity index is 725. The van der Waals surface area contributed by atoms with E-state index in [2.05, 4.69) is 15.3 Å². The van der Waals surface area contributed by atoms with Crippen LogP contribution in [-0.2, 0) is 0 Å².